The molecule has 4 heterocycles. The van der Waals surface area contributed by atoms with Gasteiger partial charge in [0.1, 0.15) is 11.5 Å². The number of alkyl halides is 3. The Morgan fingerprint density at radius 1 is 0.978 bits per heavy atom. The Balaban J connectivity index is 1.40. The molecule has 0 radical (unpaired) electrons. The first kappa shape index (κ1) is 28.4. The molecule has 226 valence electrons. The Kier molecular flexibility index (Phi) is 6.93. The fraction of sp³-hybridized carbons (Fsp3) is 0.121. The van der Waals surface area contributed by atoms with Gasteiger partial charge < -0.3 is 18.6 Å². The molecule has 3 aromatic carbocycles. The number of rotatable bonds is 5. The van der Waals surface area contributed by atoms with Crippen LogP contribution < -0.4 is 24.4 Å². The molecule has 1 atom stereocenters. The quantitative estimate of drug-likeness (QED) is 0.237. The van der Waals surface area contributed by atoms with Gasteiger partial charge in [0, 0.05) is 17.2 Å². The average Bonchev–Trinajstić information content (AvgIpc) is 3.79. The van der Waals surface area contributed by atoms with E-state index in [9.17, 15) is 22.8 Å². The van der Waals surface area contributed by atoms with Crippen molar-refractivity contribution in [2.24, 2.45) is 4.99 Å². The van der Waals surface area contributed by atoms with Gasteiger partial charge in [-0.1, -0.05) is 59.9 Å². The van der Waals surface area contributed by atoms with Gasteiger partial charge in [-0.2, -0.15) is 13.2 Å². The number of aromatic nitrogens is 1. The van der Waals surface area contributed by atoms with Gasteiger partial charge >= 0.3 is 12.1 Å². The van der Waals surface area contributed by atoms with Crippen LogP contribution in [0.3, 0.4) is 0 Å². The van der Waals surface area contributed by atoms with Crippen LogP contribution in [0.1, 0.15) is 28.5 Å². The van der Waals surface area contributed by atoms with Crippen LogP contribution in [0.4, 0.5) is 13.2 Å². The molecular formula is C33H21F3N2O6S. The molecule has 2 aliphatic rings. The summed E-state index contributed by atoms with van der Waals surface area (Å²) in [6, 6.07) is 21.2. The van der Waals surface area contributed by atoms with Crippen LogP contribution in [0.15, 0.2) is 105 Å². The molecule has 7 rings (SSSR count). The lowest BCUT2D eigenvalue weighted by molar-refractivity contribution is -0.138. The van der Waals surface area contributed by atoms with Crippen LogP contribution >= 0.6 is 11.3 Å². The minimum absolute atomic E-state index is 0.0438. The maximum atomic E-state index is 14.1. The Labute approximate surface area is 256 Å². The van der Waals surface area contributed by atoms with Crippen molar-refractivity contribution < 1.29 is 36.6 Å². The smallest absolute Gasteiger partial charge is 0.416 e. The molecule has 0 saturated heterocycles. The number of benzene rings is 3. The Morgan fingerprint density at radius 2 is 1.76 bits per heavy atom. The van der Waals surface area contributed by atoms with E-state index in [0.29, 0.717) is 33.1 Å². The van der Waals surface area contributed by atoms with Crippen LogP contribution in [0.5, 0.6) is 11.5 Å². The van der Waals surface area contributed by atoms with Gasteiger partial charge in [-0.15, -0.1) is 0 Å². The van der Waals surface area contributed by atoms with Crippen LogP contribution in [0, 0.1) is 0 Å². The zero-order valence-electron chi connectivity index (χ0n) is 23.3. The summed E-state index contributed by atoms with van der Waals surface area (Å²) in [6.07, 6.45) is -3.00. The van der Waals surface area contributed by atoms with Crippen molar-refractivity contribution in [2.75, 3.05) is 13.9 Å². The first-order chi connectivity index (χ1) is 21.7. The first-order valence-corrected chi connectivity index (χ1v) is 14.4. The molecule has 45 heavy (non-hydrogen) atoms. The molecule has 8 nitrogen and oxygen atoms in total. The maximum absolute atomic E-state index is 14.1. The lowest BCUT2D eigenvalue weighted by Crippen LogP contribution is -2.39. The van der Waals surface area contributed by atoms with Gasteiger partial charge in [0.15, 0.2) is 16.3 Å². The zero-order valence-corrected chi connectivity index (χ0v) is 24.1. The number of methoxy groups -OCH3 is 1. The van der Waals surface area contributed by atoms with Crippen molar-refractivity contribution in [1.29, 1.82) is 0 Å². The summed E-state index contributed by atoms with van der Waals surface area (Å²) in [6.45, 7) is 0.0438. The molecule has 2 aromatic heterocycles. The molecule has 5 aromatic rings. The van der Waals surface area contributed by atoms with Gasteiger partial charge in [-0.3, -0.25) is 9.36 Å². The molecule has 0 amide bonds. The summed E-state index contributed by atoms with van der Waals surface area (Å²) in [7, 11) is 1.26. The number of thiazole rings is 1. The van der Waals surface area contributed by atoms with E-state index in [1.54, 1.807) is 24.3 Å². The van der Waals surface area contributed by atoms with E-state index in [0.717, 1.165) is 23.5 Å². The minimum atomic E-state index is -4.50. The number of ether oxygens (including phenoxy) is 3. The number of hydrogen-bond donors (Lipinski definition) is 0. The predicted octanol–water partition coefficient (Wildman–Crippen LogP) is 5.55. The third kappa shape index (κ3) is 5.12. The third-order valence-electron chi connectivity index (χ3n) is 7.37. The van der Waals surface area contributed by atoms with Crippen molar-refractivity contribution in [3.63, 3.8) is 0 Å². The van der Waals surface area contributed by atoms with Crippen LogP contribution in [-0.2, 0) is 15.7 Å². The fourth-order valence-corrected chi connectivity index (χ4v) is 6.28. The summed E-state index contributed by atoms with van der Waals surface area (Å²) in [4.78, 5) is 32.6. The van der Waals surface area contributed by atoms with Crippen molar-refractivity contribution in [1.82, 2.24) is 4.57 Å². The zero-order chi connectivity index (χ0) is 31.3. The lowest BCUT2D eigenvalue weighted by atomic mass is 9.93. The van der Waals surface area contributed by atoms with Crippen LogP contribution in [-0.4, -0.2) is 24.4 Å². The summed E-state index contributed by atoms with van der Waals surface area (Å²) < 4.78 is 63.5. The van der Waals surface area contributed by atoms with Crippen molar-refractivity contribution in [3.05, 3.63) is 133 Å². The SMILES string of the molecule is COC(=O)C1=C(c2ccccc2)N=c2sc(=Cc3ccc(-c4cccc(C(F)(F)F)c4)o3)c(=O)n2C1c1ccc2c(c1)OCO2. The molecule has 2 aliphatic heterocycles. The van der Waals surface area contributed by atoms with Crippen molar-refractivity contribution >= 4 is 29.1 Å². The highest BCUT2D eigenvalue weighted by atomic mass is 32.1. The predicted molar refractivity (Wildman–Crippen MR) is 158 cm³/mol. The fourth-order valence-electron chi connectivity index (χ4n) is 5.30. The van der Waals surface area contributed by atoms with Crippen molar-refractivity contribution in [2.45, 2.75) is 12.2 Å². The van der Waals surface area contributed by atoms with Crippen LogP contribution in [0.25, 0.3) is 23.1 Å². The number of carbonyl (C=O) groups is 1. The molecule has 0 fully saturated rings. The topological polar surface area (TPSA) is 92.3 Å². The van der Waals surface area contributed by atoms with E-state index in [1.807, 2.05) is 30.3 Å². The Morgan fingerprint density at radius 3 is 2.53 bits per heavy atom. The highest BCUT2D eigenvalue weighted by Crippen LogP contribution is 2.40. The second kappa shape index (κ2) is 11.0. The molecule has 0 spiro atoms. The number of carbonyl (C=O) groups excluding carboxylic acids is 1. The summed E-state index contributed by atoms with van der Waals surface area (Å²) in [5.41, 5.74) is 0.717. The van der Waals surface area contributed by atoms with Gasteiger partial charge in [0.25, 0.3) is 5.56 Å². The summed E-state index contributed by atoms with van der Waals surface area (Å²) in [5.74, 6) is 0.800. The largest absolute Gasteiger partial charge is 0.466 e. The van der Waals surface area contributed by atoms with Crippen molar-refractivity contribution in [3.8, 4) is 22.8 Å². The van der Waals surface area contributed by atoms with Gasteiger partial charge in [-0.25, -0.2) is 9.79 Å². The number of esters is 1. The van der Waals surface area contributed by atoms with Gasteiger partial charge in [-0.05, 0) is 42.0 Å². The van der Waals surface area contributed by atoms with E-state index in [4.69, 9.17) is 23.6 Å². The Bertz CT molecular complexity index is 2180. The lowest BCUT2D eigenvalue weighted by Gasteiger charge is -2.25. The molecule has 0 saturated carbocycles. The molecule has 1 unspecified atom stereocenters. The number of halogens is 3. The normalized spacial score (nSPS) is 16.0. The highest BCUT2D eigenvalue weighted by Gasteiger charge is 2.36. The number of furan rings is 1. The van der Waals surface area contributed by atoms with Gasteiger partial charge in [0.2, 0.25) is 6.79 Å². The van der Waals surface area contributed by atoms with E-state index in [-0.39, 0.29) is 34.0 Å². The average molecular weight is 631 g/mol. The monoisotopic (exact) mass is 630 g/mol. The number of hydrogen-bond acceptors (Lipinski definition) is 8. The highest BCUT2D eigenvalue weighted by molar-refractivity contribution is 7.07. The molecule has 0 N–H and O–H groups in total. The standard InChI is InChI=1S/C33H21F3N2O6S/c1-41-31(40)27-28(18-6-3-2-4-7-18)37-32-38(29(27)20-10-12-24-25(15-20)43-17-42-24)30(39)26(45-32)16-22-11-13-23(44-22)19-8-5-9-21(14-19)33(34,35)36/h2-16,29H,17H2,1H3. The van der Waals surface area contributed by atoms with Gasteiger partial charge in [0.05, 0.1) is 34.5 Å². The third-order valence-corrected chi connectivity index (χ3v) is 8.35. The summed E-state index contributed by atoms with van der Waals surface area (Å²) in [5, 5.41) is 0. The Hall–Kier alpha value is -5.36. The molecule has 0 aliphatic carbocycles. The van der Waals surface area contributed by atoms with E-state index in [1.165, 1.54) is 36.0 Å². The number of nitrogens with zero attached hydrogens (tertiary/aromatic N) is 2. The van der Waals surface area contributed by atoms with Crippen LogP contribution in [0.2, 0.25) is 0 Å². The second-order valence-corrected chi connectivity index (χ2v) is 11.1. The number of fused-ring (bicyclic) bond motifs is 2. The first-order valence-electron chi connectivity index (χ1n) is 13.6. The van der Waals surface area contributed by atoms with E-state index < -0.39 is 29.3 Å². The second-order valence-electron chi connectivity index (χ2n) is 10.1. The molecule has 0 bridgehead atoms. The van der Waals surface area contributed by atoms with E-state index in [2.05, 4.69) is 0 Å². The molecular weight excluding hydrogens is 609 g/mol. The van der Waals surface area contributed by atoms with E-state index >= 15 is 0 Å². The molecule has 12 heteroatoms. The minimum Gasteiger partial charge on any atom is -0.466 e. The summed E-state index contributed by atoms with van der Waals surface area (Å²) >= 11 is 1.09. The maximum Gasteiger partial charge on any atom is 0.416 e.